The van der Waals surface area contributed by atoms with Gasteiger partial charge in [-0.1, -0.05) is 18.2 Å². The first-order valence-electron chi connectivity index (χ1n) is 12.2. The summed E-state index contributed by atoms with van der Waals surface area (Å²) in [5, 5.41) is 0. The zero-order valence-corrected chi connectivity index (χ0v) is 19.9. The lowest BCUT2D eigenvalue weighted by atomic mass is 9.96. The maximum atomic E-state index is 13.2. The van der Waals surface area contributed by atoms with Crippen LogP contribution >= 0.6 is 0 Å². The molecule has 4 aromatic rings. The number of amides is 1. The molecule has 0 N–H and O–H groups in total. The Balaban J connectivity index is 1.17. The van der Waals surface area contributed by atoms with Crippen LogP contribution in [0.3, 0.4) is 0 Å². The molecule has 0 aliphatic carbocycles. The van der Waals surface area contributed by atoms with Gasteiger partial charge in [0.2, 0.25) is 5.91 Å². The molecule has 0 radical (unpaired) electrons. The van der Waals surface area contributed by atoms with Crippen molar-refractivity contribution >= 4 is 28.6 Å². The minimum Gasteiger partial charge on any atom is -0.367 e. The van der Waals surface area contributed by atoms with Gasteiger partial charge in [-0.25, -0.2) is 15.0 Å². The molecule has 2 aliphatic heterocycles. The smallest absolute Gasteiger partial charge is 0.242 e. The van der Waals surface area contributed by atoms with Crippen LogP contribution in [0.4, 0.5) is 11.5 Å². The van der Waals surface area contributed by atoms with E-state index in [-0.39, 0.29) is 18.5 Å². The van der Waals surface area contributed by atoms with E-state index in [0.717, 1.165) is 49.6 Å². The molecular formula is C27H29N7O. The van der Waals surface area contributed by atoms with Crippen LogP contribution in [0, 0.1) is 0 Å². The van der Waals surface area contributed by atoms with Gasteiger partial charge < -0.3 is 19.3 Å². The van der Waals surface area contributed by atoms with Crippen LogP contribution in [0.5, 0.6) is 0 Å². The Hall–Kier alpha value is -3.94. The monoisotopic (exact) mass is 467 g/mol. The molecule has 178 valence electrons. The Kier molecular flexibility index (Phi) is 5.56. The molecule has 1 unspecified atom stereocenters. The molecular weight excluding hydrogens is 438 g/mol. The summed E-state index contributed by atoms with van der Waals surface area (Å²) in [4.78, 5) is 33.3. The zero-order chi connectivity index (χ0) is 23.8. The Morgan fingerprint density at radius 2 is 1.86 bits per heavy atom. The van der Waals surface area contributed by atoms with Crippen molar-refractivity contribution in [3.8, 4) is 0 Å². The summed E-state index contributed by atoms with van der Waals surface area (Å²) >= 11 is 0. The topological polar surface area (TPSA) is 70.4 Å². The van der Waals surface area contributed by atoms with Crippen LogP contribution in [0.2, 0.25) is 0 Å². The Bertz CT molecular complexity index is 1350. The van der Waals surface area contributed by atoms with Gasteiger partial charge in [-0.15, -0.1) is 0 Å². The lowest BCUT2D eigenvalue weighted by molar-refractivity contribution is -0.134. The van der Waals surface area contributed by atoms with Crippen molar-refractivity contribution < 1.29 is 4.79 Å². The third-order valence-corrected chi connectivity index (χ3v) is 7.19. The highest BCUT2D eigenvalue weighted by molar-refractivity contribution is 5.79. The van der Waals surface area contributed by atoms with Crippen LogP contribution in [-0.4, -0.2) is 62.5 Å². The largest absolute Gasteiger partial charge is 0.367 e. The number of nitrogens with zero attached hydrogens (tertiary/aromatic N) is 7. The van der Waals surface area contributed by atoms with Gasteiger partial charge in [-0.2, -0.15) is 0 Å². The molecule has 1 atom stereocenters. The fourth-order valence-corrected chi connectivity index (χ4v) is 5.39. The van der Waals surface area contributed by atoms with Crippen molar-refractivity contribution in [2.24, 2.45) is 0 Å². The number of pyridine rings is 2. The molecule has 8 heteroatoms. The van der Waals surface area contributed by atoms with Gasteiger partial charge in [0.05, 0.1) is 6.33 Å². The highest BCUT2D eigenvalue weighted by atomic mass is 16.2. The Morgan fingerprint density at radius 3 is 2.71 bits per heavy atom. The number of hydrogen-bond acceptors (Lipinski definition) is 6. The van der Waals surface area contributed by atoms with E-state index >= 15 is 0 Å². The van der Waals surface area contributed by atoms with Crippen molar-refractivity contribution in [1.29, 1.82) is 0 Å². The number of carbonyl (C=O) groups is 1. The Morgan fingerprint density at radius 1 is 0.943 bits per heavy atom. The maximum absolute atomic E-state index is 13.2. The summed E-state index contributed by atoms with van der Waals surface area (Å²) in [6, 6.07) is 16.6. The number of aromatic nitrogens is 4. The number of carbonyl (C=O) groups excluding carboxylic acids is 1. The van der Waals surface area contributed by atoms with E-state index in [2.05, 4.69) is 55.9 Å². The number of anilines is 2. The summed E-state index contributed by atoms with van der Waals surface area (Å²) in [6.45, 7) is 6.57. The quantitative estimate of drug-likeness (QED) is 0.459. The first kappa shape index (κ1) is 21.6. The van der Waals surface area contributed by atoms with Crippen LogP contribution < -0.4 is 9.80 Å². The third-order valence-electron chi connectivity index (χ3n) is 7.19. The second-order valence-corrected chi connectivity index (χ2v) is 9.38. The highest BCUT2D eigenvalue weighted by Gasteiger charge is 2.30. The van der Waals surface area contributed by atoms with E-state index in [1.54, 1.807) is 12.5 Å². The molecule has 1 saturated heterocycles. The van der Waals surface area contributed by atoms with E-state index in [1.165, 1.54) is 16.8 Å². The highest BCUT2D eigenvalue weighted by Crippen LogP contribution is 2.32. The summed E-state index contributed by atoms with van der Waals surface area (Å²) in [6.07, 6.45) is 6.32. The molecule has 0 saturated carbocycles. The first-order valence-corrected chi connectivity index (χ1v) is 12.2. The van der Waals surface area contributed by atoms with Crippen molar-refractivity contribution in [1.82, 2.24) is 24.4 Å². The second kappa shape index (κ2) is 9.02. The van der Waals surface area contributed by atoms with Gasteiger partial charge in [-0.05, 0) is 54.8 Å². The second-order valence-electron chi connectivity index (χ2n) is 9.38. The molecule has 1 aromatic carbocycles. The molecule has 35 heavy (non-hydrogen) atoms. The summed E-state index contributed by atoms with van der Waals surface area (Å²) in [7, 11) is 0. The van der Waals surface area contributed by atoms with Gasteiger partial charge in [-0.3, -0.25) is 4.79 Å². The Labute approximate surface area is 204 Å². The molecule has 0 bridgehead atoms. The molecule has 2 aliphatic rings. The standard InChI is InChI=1S/C27H29N7O/c1-20-16-31(14-15-34(20)26(35)18-33-19-30-23-7-5-12-29-27(23)33)24-8-4-6-21-10-13-32(17-22(21)24)25-9-2-3-11-28-25/h2-9,11-12,19-20H,10,13-18H2,1H3. The van der Waals surface area contributed by atoms with E-state index < -0.39 is 0 Å². The minimum absolute atomic E-state index is 0.110. The normalized spacial score (nSPS) is 18.1. The van der Waals surface area contributed by atoms with Crippen molar-refractivity contribution in [3.05, 3.63) is 78.4 Å². The van der Waals surface area contributed by atoms with Gasteiger partial charge in [0.25, 0.3) is 0 Å². The average molecular weight is 468 g/mol. The van der Waals surface area contributed by atoms with E-state index in [1.807, 2.05) is 39.9 Å². The van der Waals surface area contributed by atoms with Gasteiger partial charge in [0, 0.05) is 56.8 Å². The fraction of sp³-hybridized carbons (Fsp3) is 0.333. The van der Waals surface area contributed by atoms with Crippen LogP contribution in [-0.2, 0) is 24.3 Å². The van der Waals surface area contributed by atoms with Crippen LogP contribution in [0.25, 0.3) is 11.2 Å². The van der Waals surface area contributed by atoms with E-state index in [9.17, 15) is 4.79 Å². The molecule has 1 fully saturated rings. The predicted octanol–water partition coefficient (Wildman–Crippen LogP) is 3.13. The molecule has 5 heterocycles. The first-order chi connectivity index (χ1) is 17.2. The molecule has 6 rings (SSSR count). The molecule has 3 aromatic heterocycles. The number of imidazole rings is 1. The van der Waals surface area contributed by atoms with E-state index in [4.69, 9.17) is 0 Å². The number of hydrogen-bond donors (Lipinski definition) is 0. The molecule has 1 amide bonds. The maximum Gasteiger partial charge on any atom is 0.242 e. The SMILES string of the molecule is CC1CN(c2cccc3c2CN(c2ccccn2)CC3)CCN1C(=O)Cn1cnc2cccnc21. The van der Waals surface area contributed by atoms with Crippen LogP contribution in [0.15, 0.2) is 67.3 Å². The lowest BCUT2D eigenvalue weighted by Crippen LogP contribution is -2.55. The molecule has 0 spiro atoms. The zero-order valence-electron chi connectivity index (χ0n) is 19.9. The van der Waals surface area contributed by atoms with Gasteiger partial charge in [0.15, 0.2) is 5.65 Å². The number of rotatable bonds is 4. The number of fused-ring (bicyclic) bond motifs is 2. The van der Waals surface area contributed by atoms with Crippen molar-refractivity contribution in [2.45, 2.75) is 32.5 Å². The van der Waals surface area contributed by atoms with Gasteiger partial charge in [0.1, 0.15) is 17.9 Å². The lowest BCUT2D eigenvalue weighted by Gasteiger charge is -2.43. The summed E-state index contributed by atoms with van der Waals surface area (Å²) < 4.78 is 1.84. The average Bonchev–Trinajstić information content (AvgIpc) is 3.31. The number of piperazine rings is 1. The molecule has 8 nitrogen and oxygen atoms in total. The minimum atomic E-state index is 0.110. The predicted molar refractivity (Wildman–Crippen MR) is 136 cm³/mol. The van der Waals surface area contributed by atoms with Gasteiger partial charge >= 0.3 is 0 Å². The summed E-state index contributed by atoms with van der Waals surface area (Å²) in [5.41, 5.74) is 5.65. The number of benzene rings is 1. The van der Waals surface area contributed by atoms with E-state index in [0.29, 0.717) is 6.54 Å². The summed E-state index contributed by atoms with van der Waals surface area (Å²) in [5.74, 6) is 1.14. The fourth-order valence-electron chi connectivity index (χ4n) is 5.39. The van der Waals surface area contributed by atoms with Crippen LogP contribution in [0.1, 0.15) is 18.1 Å². The third kappa shape index (κ3) is 4.09. The van der Waals surface area contributed by atoms with Crippen molar-refractivity contribution in [3.63, 3.8) is 0 Å². The van der Waals surface area contributed by atoms with Crippen molar-refractivity contribution in [2.75, 3.05) is 36.0 Å².